The van der Waals surface area contributed by atoms with Gasteiger partial charge >= 0.3 is 0 Å². The first kappa shape index (κ1) is 25.7. The van der Waals surface area contributed by atoms with Crippen LogP contribution >= 0.6 is 0 Å². The van der Waals surface area contributed by atoms with Crippen molar-refractivity contribution in [3.05, 3.63) is 72.1 Å². The first-order chi connectivity index (χ1) is 18.9. The molecule has 2 saturated heterocycles. The highest BCUT2D eigenvalue weighted by Crippen LogP contribution is 2.55. The molecule has 204 valence electrons. The monoisotopic (exact) mass is 528 g/mol. The van der Waals surface area contributed by atoms with Gasteiger partial charge in [-0.1, -0.05) is 63.5 Å². The molecule has 39 heavy (non-hydrogen) atoms. The first-order valence-electron chi connectivity index (χ1n) is 14.1. The summed E-state index contributed by atoms with van der Waals surface area (Å²) in [5.74, 6) is -1.83. The van der Waals surface area contributed by atoms with Gasteiger partial charge in [-0.2, -0.15) is 0 Å². The molecule has 0 radical (unpaired) electrons. The number of carbonyl (C=O) groups excluding carboxylic acids is 3. The Bertz CT molecular complexity index is 1270. The third kappa shape index (κ3) is 4.54. The second kappa shape index (κ2) is 10.2. The molecule has 2 N–H and O–H groups in total. The van der Waals surface area contributed by atoms with E-state index in [4.69, 9.17) is 4.74 Å². The van der Waals surface area contributed by atoms with E-state index in [9.17, 15) is 14.4 Å². The highest BCUT2D eigenvalue weighted by molar-refractivity contribution is 6.02. The molecule has 3 fully saturated rings. The van der Waals surface area contributed by atoms with Crippen LogP contribution in [-0.4, -0.2) is 51.4 Å². The molecular formula is C31H36N4O4. The number of ether oxygens (including phenoxy) is 1. The van der Waals surface area contributed by atoms with Crippen LogP contribution in [0, 0.1) is 11.8 Å². The second-order valence-electron chi connectivity index (χ2n) is 11.6. The van der Waals surface area contributed by atoms with Crippen molar-refractivity contribution >= 4 is 23.4 Å². The zero-order valence-electron chi connectivity index (χ0n) is 22.5. The summed E-state index contributed by atoms with van der Waals surface area (Å²) in [4.78, 5) is 47.5. The molecule has 1 spiro atoms. The molecule has 2 bridgehead atoms. The molecule has 8 nitrogen and oxygen atoms in total. The fourth-order valence-corrected chi connectivity index (χ4v) is 6.83. The minimum absolute atomic E-state index is 0.0903. The van der Waals surface area contributed by atoms with Crippen molar-refractivity contribution in [1.82, 2.24) is 15.2 Å². The maximum absolute atomic E-state index is 14.1. The number of hydrogen-bond donors (Lipinski definition) is 2. The van der Waals surface area contributed by atoms with Gasteiger partial charge in [-0.3, -0.25) is 19.4 Å². The highest BCUT2D eigenvalue weighted by Gasteiger charge is 2.72. The molecule has 3 amide bonds. The lowest BCUT2D eigenvalue weighted by Gasteiger charge is -2.34. The van der Waals surface area contributed by atoms with Crippen molar-refractivity contribution < 1.29 is 19.1 Å². The Kier molecular flexibility index (Phi) is 6.75. The van der Waals surface area contributed by atoms with Gasteiger partial charge in [0.1, 0.15) is 11.6 Å². The summed E-state index contributed by atoms with van der Waals surface area (Å²) >= 11 is 0. The number of amides is 3. The van der Waals surface area contributed by atoms with E-state index in [0.29, 0.717) is 11.6 Å². The number of carbonyl (C=O) groups is 3. The Morgan fingerprint density at radius 1 is 1.10 bits per heavy atom. The summed E-state index contributed by atoms with van der Waals surface area (Å²) in [6, 6.07) is 10.7. The number of pyridine rings is 1. The van der Waals surface area contributed by atoms with E-state index in [1.165, 1.54) is 12.0 Å². The van der Waals surface area contributed by atoms with Gasteiger partial charge in [0, 0.05) is 30.7 Å². The number of nitrogens with zero attached hydrogens (tertiary/aromatic N) is 2. The SMILES string of the molecule is CC(C)c1ccc(NC(=O)C2C3C=CC4(O3)C2C(=O)N(Cc2cccnc2)C4C(=O)NC2CCCCC2)cc1. The van der Waals surface area contributed by atoms with E-state index >= 15 is 0 Å². The molecule has 5 atom stereocenters. The van der Waals surface area contributed by atoms with Gasteiger partial charge in [-0.25, -0.2) is 0 Å². The topological polar surface area (TPSA) is 101 Å². The third-order valence-electron chi connectivity index (χ3n) is 8.80. The maximum Gasteiger partial charge on any atom is 0.246 e. The zero-order chi connectivity index (χ0) is 27.1. The smallest absolute Gasteiger partial charge is 0.246 e. The summed E-state index contributed by atoms with van der Waals surface area (Å²) in [7, 11) is 0. The quantitative estimate of drug-likeness (QED) is 0.530. The maximum atomic E-state index is 14.1. The standard InChI is InChI=1S/C31H36N4O4/c1-19(2)21-10-12-23(13-11-21)33-28(36)25-24-14-15-31(39-24)26(25)30(38)35(18-20-7-6-16-32-17-20)27(31)29(37)34-22-8-4-3-5-9-22/h6-7,10-17,19,22,24-27H,3-5,8-9,18H2,1-2H3,(H,33,36)(H,34,37). The minimum atomic E-state index is -1.17. The van der Waals surface area contributed by atoms with Crippen LogP contribution in [0.25, 0.3) is 0 Å². The molecule has 4 aliphatic rings. The van der Waals surface area contributed by atoms with Crippen molar-refractivity contribution in [1.29, 1.82) is 0 Å². The van der Waals surface area contributed by atoms with Crippen LogP contribution < -0.4 is 10.6 Å². The van der Waals surface area contributed by atoms with E-state index in [1.54, 1.807) is 17.3 Å². The van der Waals surface area contributed by atoms with Gasteiger partial charge in [-0.05, 0) is 48.1 Å². The molecule has 4 heterocycles. The van der Waals surface area contributed by atoms with Crippen molar-refractivity contribution in [2.24, 2.45) is 11.8 Å². The highest BCUT2D eigenvalue weighted by atomic mass is 16.5. The first-order valence-corrected chi connectivity index (χ1v) is 14.1. The lowest BCUT2D eigenvalue weighted by atomic mass is 9.74. The summed E-state index contributed by atoms with van der Waals surface area (Å²) in [6.45, 7) is 4.46. The van der Waals surface area contributed by atoms with Crippen LogP contribution in [0.4, 0.5) is 5.69 Å². The molecule has 5 unspecified atom stereocenters. The summed E-state index contributed by atoms with van der Waals surface area (Å²) in [5.41, 5.74) is 1.51. The minimum Gasteiger partial charge on any atom is -0.359 e. The molecule has 1 aliphatic carbocycles. The zero-order valence-corrected chi connectivity index (χ0v) is 22.5. The predicted molar refractivity (Wildman–Crippen MR) is 146 cm³/mol. The fraction of sp³-hybridized carbons (Fsp3) is 0.484. The van der Waals surface area contributed by atoms with Crippen LogP contribution in [0.15, 0.2) is 60.9 Å². The number of nitrogens with one attached hydrogen (secondary N) is 2. The number of anilines is 1. The van der Waals surface area contributed by atoms with E-state index < -0.39 is 29.6 Å². The van der Waals surface area contributed by atoms with E-state index in [1.807, 2.05) is 48.6 Å². The summed E-state index contributed by atoms with van der Waals surface area (Å²) in [6.07, 6.45) is 11.8. The lowest BCUT2D eigenvalue weighted by molar-refractivity contribution is -0.142. The summed E-state index contributed by atoms with van der Waals surface area (Å²) in [5, 5.41) is 6.23. The van der Waals surface area contributed by atoms with Crippen molar-refractivity contribution in [3.63, 3.8) is 0 Å². The van der Waals surface area contributed by atoms with Crippen LogP contribution in [0.2, 0.25) is 0 Å². The Morgan fingerprint density at radius 3 is 2.56 bits per heavy atom. The molecule has 6 rings (SSSR count). The Balaban J connectivity index is 1.29. The van der Waals surface area contributed by atoms with Crippen LogP contribution in [-0.2, 0) is 25.7 Å². The molecule has 8 heteroatoms. The Labute approximate surface area is 229 Å². The third-order valence-corrected chi connectivity index (χ3v) is 8.80. The Morgan fingerprint density at radius 2 is 1.87 bits per heavy atom. The van der Waals surface area contributed by atoms with Gasteiger partial charge in [0.25, 0.3) is 0 Å². The van der Waals surface area contributed by atoms with E-state index in [-0.39, 0.29) is 30.3 Å². The van der Waals surface area contributed by atoms with Gasteiger partial charge < -0.3 is 20.3 Å². The number of hydrogen-bond acceptors (Lipinski definition) is 5. The van der Waals surface area contributed by atoms with Crippen molar-refractivity contribution in [2.75, 3.05) is 5.32 Å². The predicted octanol–water partition coefficient (Wildman–Crippen LogP) is 3.94. The summed E-state index contributed by atoms with van der Waals surface area (Å²) < 4.78 is 6.46. The normalized spacial score (nSPS) is 29.6. The van der Waals surface area contributed by atoms with Crippen molar-refractivity contribution in [2.45, 2.75) is 82.2 Å². The van der Waals surface area contributed by atoms with Gasteiger partial charge in [0.05, 0.1) is 17.9 Å². The van der Waals surface area contributed by atoms with Gasteiger partial charge in [-0.15, -0.1) is 0 Å². The second-order valence-corrected chi connectivity index (χ2v) is 11.6. The fourth-order valence-electron chi connectivity index (χ4n) is 6.83. The number of likely N-dealkylation sites (tertiary alicyclic amines) is 1. The van der Waals surface area contributed by atoms with Gasteiger partial charge in [0.15, 0.2) is 0 Å². The molecule has 2 aromatic rings. The number of fused-ring (bicyclic) bond motifs is 1. The molecule has 1 aromatic carbocycles. The van der Waals surface area contributed by atoms with Crippen molar-refractivity contribution in [3.8, 4) is 0 Å². The lowest BCUT2D eigenvalue weighted by Crippen LogP contribution is -2.56. The number of rotatable bonds is 7. The largest absolute Gasteiger partial charge is 0.359 e. The average molecular weight is 529 g/mol. The average Bonchev–Trinajstić information content (AvgIpc) is 3.58. The van der Waals surface area contributed by atoms with Gasteiger partial charge in [0.2, 0.25) is 17.7 Å². The van der Waals surface area contributed by atoms with Crippen LogP contribution in [0.1, 0.15) is 63.0 Å². The van der Waals surface area contributed by atoms with E-state index in [0.717, 1.165) is 31.2 Å². The molecule has 1 saturated carbocycles. The molecular weight excluding hydrogens is 492 g/mol. The number of aromatic nitrogens is 1. The number of benzene rings is 1. The molecule has 1 aromatic heterocycles. The van der Waals surface area contributed by atoms with Crippen LogP contribution in [0.5, 0.6) is 0 Å². The van der Waals surface area contributed by atoms with E-state index in [2.05, 4.69) is 29.5 Å². The van der Waals surface area contributed by atoms with Crippen LogP contribution in [0.3, 0.4) is 0 Å². The Hall–Kier alpha value is -3.52. The molecule has 3 aliphatic heterocycles.